The van der Waals surface area contributed by atoms with E-state index in [4.69, 9.17) is 14.2 Å². The molecule has 2 heterocycles. The van der Waals surface area contributed by atoms with E-state index in [-0.39, 0.29) is 4.90 Å². The summed E-state index contributed by atoms with van der Waals surface area (Å²) >= 11 is 0. The third-order valence-corrected chi connectivity index (χ3v) is 7.58. The molecule has 4 rings (SSSR count). The molecule has 1 aromatic heterocycles. The smallest absolute Gasteiger partial charge is 0.247 e. The topological polar surface area (TPSA) is 94.1 Å². The molecule has 1 aliphatic rings. The fourth-order valence-electron chi connectivity index (χ4n) is 3.82. The zero-order chi connectivity index (χ0) is 24.1. The predicted molar refractivity (Wildman–Crippen MR) is 129 cm³/mol. The number of nitrogens with zero attached hydrogens (tertiary/aromatic N) is 4. The van der Waals surface area contributed by atoms with Crippen LogP contribution in [-0.4, -0.2) is 69.9 Å². The zero-order valence-corrected chi connectivity index (χ0v) is 20.3. The van der Waals surface area contributed by atoms with Crippen molar-refractivity contribution in [2.45, 2.75) is 11.8 Å². The zero-order valence-electron chi connectivity index (χ0n) is 19.5. The Labute approximate surface area is 199 Å². The number of sulfonamides is 1. The van der Waals surface area contributed by atoms with Crippen LogP contribution in [0.3, 0.4) is 0 Å². The van der Waals surface area contributed by atoms with Crippen LogP contribution in [0, 0.1) is 0 Å². The van der Waals surface area contributed by atoms with Crippen LogP contribution in [0.15, 0.2) is 59.5 Å². The maximum absolute atomic E-state index is 13.3. The highest BCUT2D eigenvalue weighted by molar-refractivity contribution is 7.89. The van der Waals surface area contributed by atoms with Gasteiger partial charge in [0.25, 0.3) is 0 Å². The maximum Gasteiger partial charge on any atom is 0.247 e. The van der Waals surface area contributed by atoms with E-state index < -0.39 is 10.0 Å². The molecule has 0 aliphatic carbocycles. The van der Waals surface area contributed by atoms with E-state index >= 15 is 0 Å². The second kappa shape index (κ2) is 10.3. The summed E-state index contributed by atoms with van der Waals surface area (Å²) in [7, 11) is -0.786. The normalized spacial score (nSPS) is 14.6. The van der Waals surface area contributed by atoms with E-state index in [1.807, 2.05) is 48.2 Å². The van der Waals surface area contributed by atoms with Gasteiger partial charge in [-0.3, -0.25) is 0 Å². The minimum absolute atomic E-state index is 0.0994. The summed E-state index contributed by atoms with van der Waals surface area (Å²) in [6, 6.07) is 16.3. The molecule has 0 atom stereocenters. The van der Waals surface area contributed by atoms with Gasteiger partial charge in [0.1, 0.15) is 22.1 Å². The molecule has 0 bridgehead atoms. The molecule has 0 unspecified atom stereocenters. The van der Waals surface area contributed by atoms with Crippen LogP contribution in [0.5, 0.6) is 17.2 Å². The molecule has 1 fully saturated rings. The molecule has 0 spiro atoms. The number of anilines is 1. The molecule has 0 amide bonds. The van der Waals surface area contributed by atoms with Gasteiger partial charge in [0.05, 0.1) is 26.5 Å². The van der Waals surface area contributed by atoms with Gasteiger partial charge in [0.2, 0.25) is 10.0 Å². The van der Waals surface area contributed by atoms with Crippen molar-refractivity contribution in [2.24, 2.45) is 0 Å². The quantitative estimate of drug-likeness (QED) is 0.482. The van der Waals surface area contributed by atoms with Crippen molar-refractivity contribution in [2.75, 3.05) is 51.9 Å². The summed E-state index contributed by atoms with van der Waals surface area (Å²) in [4.78, 5) is 2.13. The first-order valence-corrected chi connectivity index (χ1v) is 12.4. The van der Waals surface area contributed by atoms with E-state index in [0.717, 1.165) is 17.0 Å². The van der Waals surface area contributed by atoms with Crippen molar-refractivity contribution in [3.05, 3.63) is 54.6 Å². The molecule has 1 aliphatic heterocycles. The van der Waals surface area contributed by atoms with Crippen LogP contribution in [0.4, 0.5) is 5.82 Å². The van der Waals surface area contributed by atoms with Gasteiger partial charge in [-0.15, -0.1) is 10.2 Å². The molecular formula is C24H28N4O5S. The van der Waals surface area contributed by atoms with Crippen molar-refractivity contribution < 1.29 is 22.6 Å². The Morgan fingerprint density at radius 3 is 2.15 bits per heavy atom. The third-order valence-electron chi connectivity index (χ3n) is 5.66. The first kappa shape index (κ1) is 23.8. The van der Waals surface area contributed by atoms with E-state index in [9.17, 15) is 8.42 Å². The Hall–Kier alpha value is -3.37. The number of rotatable bonds is 8. The number of hydrogen-bond acceptors (Lipinski definition) is 8. The minimum atomic E-state index is -3.74. The third kappa shape index (κ3) is 4.92. The van der Waals surface area contributed by atoms with Crippen LogP contribution >= 0.6 is 0 Å². The lowest BCUT2D eigenvalue weighted by molar-refractivity contribution is 0.340. The summed E-state index contributed by atoms with van der Waals surface area (Å²) in [6.45, 7) is 4.22. The van der Waals surface area contributed by atoms with Crippen LogP contribution in [0.1, 0.15) is 6.92 Å². The van der Waals surface area contributed by atoms with Gasteiger partial charge in [-0.1, -0.05) is 0 Å². The predicted octanol–water partition coefficient (Wildman–Crippen LogP) is 3.07. The van der Waals surface area contributed by atoms with Crippen LogP contribution in [-0.2, 0) is 10.0 Å². The van der Waals surface area contributed by atoms with Gasteiger partial charge in [0, 0.05) is 37.8 Å². The molecular weight excluding hydrogens is 456 g/mol. The SMILES string of the molecule is CCOc1ccc(-c2ccc(N3CCN(S(=O)(=O)c4cc(OC)ccc4OC)CC3)nn2)cc1. The van der Waals surface area contributed by atoms with Gasteiger partial charge < -0.3 is 19.1 Å². The Morgan fingerprint density at radius 2 is 1.56 bits per heavy atom. The van der Waals surface area contributed by atoms with Gasteiger partial charge >= 0.3 is 0 Å². The number of benzene rings is 2. The molecule has 9 nitrogen and oxygen atoms in total. The van der Waals surface area contributed by atoms with Gasteiger partial charge in [-0.2, -0.15) is 4.31 Å². The second-order valence-corrected chi connectivity index (χ2v) is 9.55. The Kier molecular flexibility index (Phi) is 7.18. The Morgan fingerprint density at radius 1 is 0.853 bits per heavy atom. The molecule has 10 heteroatoms. The maximum atomic E-state index is 13.3. The van der Waals surface area contributed by atoms with Crippen molar-refractivity contribution in [3.63, 3.8) is 0 Å². The van der Waals surface area contributed by atoms with Crippen LogP contribution in [0.2, 0.25) is 0 Å². The van der Waals surface area contributed by atoms with E-state index in [1.54, 1.807) is 12.1 Å². The number of hydrogen-bond donors (Lipinski definition) is 0. The van der Waals surface area contributed by atoms with Crippen molar-refractivity contribution >= 4 is 15.8 Å². The highest BCUT2D eigenvalue weighted by Gasteiger charge is 2.31. The van der Waals surface area contributed by atoms with Gasteiger partial charge in [-0.05, 0) is 55.5 Å². The average Bonchev–Trinajstić information content (AvgIpc) is 2.89. The Bertz CT molecular complexity index is 1210. The van der Waals surface area contributed by atoms with Gasteiger partial charge in [0.15, 0.2) is 5.82 Å². The molecule has 2 aromatic carbocycles. The fourth-order valence-corrected chi connectivity index (χ4v) is 5.41. The molecule has 180 valence electrons. The average molecular weight is 485 g/mol. The van der Waals surface area contributed by atoms with E-state index in [2.05, 4.69) is 10.2 Å². The van der Waals surface area contributed by atoms with E-state index in [0.29, 0.717) is 50.1 Å². The number of ether oxygens (including phenoxy) is 3. The summed E-state index contributed by atoms with van der Waals surface area (Å²) < 4.78 is 44.0. The number of methoxy groups -OCH3 is 2. The first-order chi connectivity index (χ1) is 16.5. The molecule has 34 heavy (non-hydrogen) atoms. The summed E-state index contributed by atoms with van der Waals surface area (Å²) in [5, 5.41) is 8.74. The van der Waals surface area contributed by atoms with Crippen molar-refractivity contribution in [1.29, 1.82) is 0 Å². The lowest BCUT2D eigenvalue weighted by Crippen LogP contribution is -2.49. The standard InChI is InChI=1S/C24H28N4O5S/c1-4-33-19-7-5-18(6-8-19)21-10-12-24(26-25-21)27-13-15-28(16-14-27)34(29,30)23-17-20(31-2)9-11-22(23)32-3/h5-12,17H,4,13-16H2,1-3H3. The highest BCUT2D eigenvalue weighted by atomic mass is 32.2. The number of aromatic nitrogens is 2. The molecule has 0 radical (unpaired) electrons. The monoisotopic (exact) mass is 484 g/mol. The first-order valence-electron chi connectivity index (χ1n) is 11.0. The van der Waals surface area contributed by atoms with E-state index in [1.165, 1.54) is 24.6 Å². The van der Waals surface area contributed by atoms with Gasteiger partial charge in [-0.25, -0.2) is 8.42 Å². The lowest BCUT2D eigenvalue weighted by atomic mass is 10.1. The number of piperazine rings is 1. The Balaban J connectivity index is 1.43. The largest absolute Gasteiger partial charge is 0.497 e. The summed E-state index contributed by atoms with van der Waals surface area (Å²) in [5.74, 6) is 2.28. The summed E-state index contributed by atoms with van der Waals surface area (Å²) in [6.07, 6.45) is 0. The fraction of sp³-hybridized carbons (Fsp3) is 0.333. The van der Waals surface area contributed by atoms with Crippen molar-refractivity contribution in [1.82, 2.24) is 14.5 Å². The van der Waals surface area contributed by atoms with Crippen LogP contribution in [0.25, 0.3) is 11.3 Å². The molecule has 0 saturated carbocycles. The van der Waals surface area contributed by atoms with Crippen molar-refractivity contribution in [3.8, 4) is 28.5 Å². The highest BCUT2D eigenvalue weighted by Crippen LogP contribution is 2.31. The molecule has 1 saturated heterocycles. The summed E-state index contributed by atoms with van der Waals surface area (Å²) in [5.41, 5.74) is 1.71. The van der Waals surface area contributed by atoms with Crippen LogP contribution < -0.4 is 19.1 Å². The molecule has 0 N–H and O–H groups in total. The minimum Gasteiger partial charge on any atom is -0.497 e. The molecule has 3 aromatic rings. The lowest BCUT2D eigenvalue weighted by Gasteiger charge is -2.34. The second-order valence-electron chi connectivity index (χ2n) is 7.64.